The second-order valence-electron chi connectivity index (χ2n) is 5.69. The van der Waals surface area contributed by atoms with Gasteiger partial charge in [0.15, 0.2) is 0 Å². The van der Waals surface area contributed by atoms with Crippen LogP contribution in [0.5, 0.6) is 5.88 Å². The van der Waals surface area contributed by atoms with Crippen LogP contribution in [-0.2, 0) is 10.0 Å². The first-order valence-electron chi connectivity index (χ1n) is 7.61. The first-order chi connectivity index (χ1) is 11.0. The molecule has 1 saturated heterocycles. The Balaban J connectivity index is 1.99. The Labute approximate surface area is 137 Å². The molecule has 6 heteroatoms. The van der Waals surface area contributed by atoms with E-state index >= 15 is 0 Å². The summed E-state index contributed by atoms with van der Waals surface area (Å²) in [5.41, 5.74) is 1.86. The van der Waals surface area contributed by atoms with Gasteiger partial charge in [-0.1, -0.05) is 23.8 Å². The molecule has 0 radical (unpaired) electrons. The number of benzene rings is 1. The summed E-state index contributed by atoms with van der Waals surface area (Å²) < 4.78 is 32.9. The standard InChI is InChI=1S/C17H20N2O3S/c1-13-7-9-14(10-8-13)23(20,21)19-12-4-6-16(19)15-5-3-11-18-17(15)22-2/h3,5,7-11,16H,4,6,12H2,1-2H3/t16-/m0/s1. The van der Waals surface area contributed by atoms with Gasteiger partial charge in [-0.2, -0.15) is 4.31 Å². The van der Waals surface area contributed by atoms with E-state index in [1.165, 1.54) is 0 Å². The number of pyridine rings is 1. The Morgan fingerprint density at radius 1 is 1.22 bits per heavy atom. The minimum Gasteiger partial charge on any atom is -0.481 e. The average molecular weight is 332 g/mol. The molecular weight excluding hydrogens is 312 g/mol. The van der Waals surface area contributed by atoms with Crippen LogP contribution in [0, 0.1) is 6.92 Å². The first-order valence-corrected chi connectivity index (χ1v) is 9.05. The SMILES string of the molecule is COc1ncccc1[C@@H]1CCCN1S(=O)(=O)c1ccc(C)cc1. The van der Waals surface area contributed by atoms with Crippen molar-refractivity contribution >= 4 is 10.0 Å². The second-order valence-corrected chi connectivity index (χ2v) is 7.58. The van der Waals surface area contributed by atoms with E-state index in [1.807, 2.05) is 31.2 Å². The van der Waals surface area contributed by atoms with E-state index in [-0.39, 0.29) is 6.04 Å². The molecule has 0 unspecified atom stereocenters. The summed E-state index contributed by atoms with van der Waals surface area (Å²) in [7, 11) is -1.97. The van der Waals surface area contributed by atoms with Gasteiger partial charge in [0.1, 0.15) is 0 Å². The van der Waals surface area contributed by atoms with Gasteiger partial charge in [0.2, 0.25) is 15.9 Å². The largest absolute Gasteiger partial charge is 0.481 e. The molecule has 0 aliphatic carbocycles. The average Bonchev–Trinajstić information content (AvgIpc) is 3.05. The lowest BCUT2D eigenvalue weighted by Gasteiger charge is -2.25. The molecule has 23 heavy (non-hydrogen) atoms. The maximum Gasteiger partial charge on any atom is 0.243 e. The van der Waals surface area contributed by atoms with E-state index < -0.39 is 10.0 Å². The minimum absolute atomic E-state index is 0.232. The number of hydrogen-bond acceptors (Lipinski definition) is 4. The van der Waals surface area contributed by atoms with Crippen molar-refractivity contribution in [1.29, 1.82) is 0 Å². The van der Waals surface area contributed by atoms with Gasteiger partial charge in [-0.3, -0.25) is 0 Å². The zero-order chi connectivity index (χ0) is 16.4. The molecule has 1 atom stereocenters. The highest BCUT2D eigenvalue weighted by Gasteiger charge is 2.37. The fourth-order valence-corrected chi connectivity index (χ4v) is 4.69. The van der Waals surface area contributed by atoms with Crippen LogP contribution in [-0.4, -0.2) is 31.4 Å². The Hall–Kier alpha value is -1.92. The van der Waals surface area contributed by atoms with Crippen LogP contribution in [0.1, 0.15) is 30.0 Å². The Morgan fingerprint density at radius 2 is 1.96 bits per heavy atom. The summed E-state index contributed by atoms with van der Waals surface area (Å²) in [5.74, 6) is 0.489. The van der Waals surface area contributed by atoms with Crippen LogP contribution in [0.3, 0.4) is 0 Å². The van der Waals surface area contributed by atoms with Crippen LogP contribution < -0.4 is 4.74 Å². The topological polar surface area (TPSA) is 59.5 Å². The van der Waals surface area contributed by atoms with Crippen molar-refractivity contribution < 1.29 is 13.2 Å². The molecule has 2 aromatic rings. The highest BCUT2D eigenvalue weighted by atomic mass is 32.2. The predicted molar refractivity (Wildman–Crippen MR) is 87.8 cm³/mol. The number of aromatic nitrogens is 1. The Kier molecular flexibility index (Phi) is 4.37. The van der Waals surface area contributed by atoms with Crippen molar-refractivity contribution in [3.05, 3.63) is 53.7 Å². The summed E-state index contributed by atoms with van der Waals surface area (Å²) in [6.07, 6.45) is 3.25. The van der Waals surface area contributed by atoms with Crippen LogP contribution in [0.2, 0.25) is 0 Å². The van der Waals surface area contributed by atoms with Gasteiger partial charge in [-0.05, 0) is 38.0 Å². The minimum atomic E-state index is -3.53. The highest BCUT2D eigenvalue weighted by molar-refractivity contribution is 7.89. The Morgan fingerprint density at radius 3 is 2.65 bits per heavy atom. The van der Waals surface area contributed by atoms with Gasteiger partial charge in [0.25, 0.3) is 0 Å². The van der Waals surface area contributed by atoms with E-state index in [2.05, 4.69) is 4.98 Å². The normalized spacial score (nSPS) is 19.0. The monoisotopic (exact) mass is 332 g/mol. The van der Waals surface area contributed by atoms with Crippen molar-refractivity contribution in [2.75, 3.05) is 13.7 Å². The second kappa shape index (κ2) is 6.29. The third-order valence-corrected chi connectivity index (χ3v) is 6.11. The van der Waals surface area contributed by atoms with Gasteiger partial charge in [0.05, 0.1) is 18.0 Å². The lowest BCUT2D eigenvalue weighted by molar-refractivity contribution is 0.357. The van der Waals surface area contributed by atoms with Crippen LogP contribution in [0.25, 0.3) is 0 Å². The third kappa shape index (κ3) is 2.96. The molecule has 2 heterocycles. The molecule has 122 valence electrons. The number of ether oxygens (including phenoxy) is 1. The fourth-order valence-electron chi connectivity index (χ4n) is 3.01. The van der Waals surface area contributed by atoms with Crippen LogP contribution in [0.15, 0.2) is 47.5 Å². The molecule has 0 saturated carbocycles. The number of aryl methyl sites for hydroxylation is 1. The van der Waals surface area contributed by atoms with Crippen molar-refractivity contribution in [3.63, 3.8) is 0 Å². The van der Waals surface area contributed by atoms with Crippen molar-refractivity contribution in [3.8, 4) is 5.88 Å². The lowest BCUT2D eigenvalue weighted by atomic mass is 10.1. The highest BCUT2D eigenvalue weighted by Crippen LogP contribution is 2.39. The summed E-state index contributed by atoms with van der Waals surface area (Å²) in [4.78, 5) is 4.53. The van der Waals surface area contributed by atoms with Crippen LogP contribution in [0.4, 0.5) is 0 Å². The number of sulfonamides is 1. The number of rotatable bonds is 4. The summed E-state index contributed by atoms with van der Waals surface area (Å²) in [6, 6.07) is 10.4. The predicted octanol–water partition coefficient (Wildman–Crippen LogP) is 2.92. The van der Waals surface area contributed by atoms with Crippen molar-refractivity contribution in [2.45, 2.75) is 30.7 Å². The quantitative estimate of drug-likeness (QED) is 0.864. The van der Waals surface area contributed by atoms with E-state index in [0.29, 0.717) is 17.3 Å². The fraction of sp³-hybridized carbons (Fsp3) is 0.353. The van der Waals surface area contributed by atoms with E-state index in [0.717, 1.165) is 24.0 Å². The molecule has 0 spiro atoms. The van der Waals surface area contributed by atoms with Crippen molar-refractivity contribution in [1.82, 2.24) is 9.29 Å². The lowest BCUT2D eigenvalue weighted by Crippen LogP contribution is -2.31. The third-order valence-electron chi connectivity index (χ3n) is 4.18. The summed E-state index contributed by atoms with van der Waals surface area (Å²) in [6.45, 7) is 2.45. The number of methoxy groups -OCH3 is 1. The molecule has 1 aromatic carbocycles. The Bertz CT molecular complexity index is 788. The molecule has 5 nitrogen and oxygen atoms in total. The molecule has 1 aromatic heterocycles. The van der Waals surface area contributed by atoms with Gasteiger partial charge in [-0.25, -0.2) is 13.4 Å². The summed E-state index contributed by atoms with van der Waals surface area (Å²) >= 11 is 0. The van der Waals surface area contributed by atoms with E-state index in [1.54, 1.807) is 29.7 Å². The van der Waals surface area contributed by atoms with Gasteiger partial charge >= 0.3 is 0 Å². The zero-order valence-electron chi connectivity index (χ0n) is 13.3. The smallest absolute Gasteiger partial charge is 0.243 e. The van der Waals surface area contributed by atoms with Crippen molar-refractivity contribution in [2.24, 2.45) is 0 Å². The molecule has 1 aliphatic rings. The molecule has 0 bridgehead atoms. The number of hydrogen-bond donors (Lipinski definition) is 0. The van der Waals surface area contributed by atoms with Gasteiger partial charge in [-0.15, -0.1) is 0 Å². The summed E-state index contributed by atoms with van der Waals surface area (Å²) in [5, 5.41) is 0. The van der Waals surface area contributed by atoms with Crippen LogP contribution >= 0.6 is 0 Å². The molecule has 1 aliphatic heterocycles. The maximum atomic E-state index is 13.0. The molecule has 0 N–H and O–H groups in total. The molecule has 0 amide bonds. The molecular formula is C17H20N2O3S. The zero-order valence-corrected chi connectivity index (χ0v) is 14.1. The molecule has 1 fully saturated rings. The van der Waals surface area contributed by atoms with Gasteiger partial charge in [0, 0.05) is 18.3 Å². The first kappa shape index (κ1) is 16.0. The maximum absolute atomic E-state index is 13.0. The van der Waals surface area contributed by atoms with E-state index in [4.69, 9.17) is 4.74 Å². The van der Waals surface area contributed by atoms with Gasteiger partial charge < -0.3 is 4.74 Å². The molecule has 3 rings (SSSR count). The number of nitrogens with zero attached hydrogens (tertiary/aromatic N) is 2. The van der Waals surface area contributed by atoms with E-state index in [9.17, 15) is 8.42 Å².